The monoisotopic (exact) mass is 632 g/mol. The van der Waals surface area contributed by atoms with Crippen LogP contribution in [0.5, 0.6) is 0 Å². The maximum atomic E-state index is 14.1. The lowest BCUT2D eigenvalue weighted by Crippen LogP contribution is -2.39. The van der Waals surface area contributed by atoms with Gasteiger partial charge in [0.05, 0.1) is 40.6 Å². The molecule has 6 rings (SSSR count). The molecule has 0 aliphatic carbocycles. The van der Waals surface area contributed by atoms with E-state index < -0.39 is 12.0 Å². The summed E-state index contributed by atoms with van der Waals surface area (Å²) in [6.07, 6.45) is 3.46. The lowest BCUT2D eigenvalue weighted by molar-refractivity contribution is -0.138. The summed E-state index contributed by atoms with van der Waals surface area (Å²) in [5.74, 6) is 0.186. The van der Waals surface area contributed by atoms with Gasteiger partial charge in [0.1, 0.15) is 11.5 Å². The first-order valence-electron chi connectivity index (χ1n) is 15.2. The molecule has 0 radical (unpaired) electrons. The van der Waals surface area contributed by atoms with Crippen molar-refractivity contribution in [3.05, 3.63) is 145 Å². The molecule has 1 atom stereocenters. The van der Waals surface area contributed by atoms with Crippen molar-refractivity contribution in [2.45, 2.75) is 32.7 Å². The Hall–Kier alpha value is -5.28. The van der Waals surface area contributed by atoms with Crippen molar-refractivity contribution in [2.75, 3.05) is 13.2 Å². The highest BCUT2D eigenvalue weighted by Crippen LogP contribution is 2.35. The van der Waals surface area contributed by atoms with Crippen LogP contribution in [-0.4, -0.2) is 29.7 Å². The molecule has 8 nitrogen and oxygen atoms in total. The van der Waals surface area contributed by atoms with Gasteiger partial charge in [-0.3, -0.25) is 9.36 Å². The van der Waals surface area contributed by atoms with E-state index in [0.29, 0.717) is 44.3 Å². The number of hydrogen-bond donors (Lipinski definition) is 0. The van der Waals surface area contributed by atoms with Gasteiger partial charge in [0.25, 0.3) is 5.56 Å². The van der Waals surface area contributed by atoms with Gasteiger partial charge < -0.3 is 13.9 Å². The summed E-state index contributed by atoms with van der Waals surface area (Å²) in [4.78, 5) is 45.2. The van der Waals surface area contributed by atoms with Gasteiger partial charge in [-0.15, -0.1) is 0 Å². The maximum Gasteiger partial charge on any atom is 0.338 e. The van der Waals surface area contributed by atoms with Crippen molar-refractivity contribution >= 4 is 35.0 Å². The molecule has 0 bridgehead atoms. The second kappa shape index (κ2) is 13.8. The third-order valence-electron chi connectivity index (χ3n) is 7.53. The number of carbonyl (C=O) groups is 2. The largest absolute Gasteiger partial charge is 0.463 e. The lowest BCUT2D eigenvalue weighted by Gasteiger charge is -2.25. The molecule has 46 heavy (non-hydrogen) atoms. The normalized spacial score (nSPS) is 14.5. The number of rotatable bonds is 10. The van der Waals surface area contributed by atoms with E-state index in [1.54, 1.807) is 47.9 Å². The molecule has 232 valence electrons. The highest BCUT2D eigenvalue weighted by molar-refractivity contribution is 7.07. The fourth-order valence-electron chi connectivity index (χ4n) is 5.27. The summed E-state index contributed by atoms with van der Waals surface area (Å²) in [5.41, 5.74) is 3.24. The number of nitrogens with zero attached hydrogens (tertiary/aromatic N) is 2. The Morgan fingerprint density at radius 2 is 1.59 bits per heavy atom. The van der Waals surface area contributed by atoms with E-state index in [-0.39, 0.29) is 18.1 Å². The van der Waals surface area contributed by atoms with E-state index in [0.717, 1.165) is 29.5 Å². The van der Waals surface area contributed by atoms with Crippen LogP contribution in [0, 0.1) is 0 Å². The average molecular weight is 633 g/mol. The van der Waals surface area contributed by atoms with Gasteiger partial charge in [-0.05, 0) is 43.2 Å². The molecule has 0 saturated carbocycles. The van der Waals surface area contributed by atoms with Crippen molar-refractivity contribution in [3.63, 3.8) is 0 Å². The third kappa shape index (κ3) is 6.27. The number of carbonyl (C=O) groups excluding carboxylic acids is 2. The SMILES string of the molecule is CCCCOC(=O)c1ccc(-c2ccc(/C=c3\sc4n(c3=O)[C@@H](c3ccccc3)C(C(=O)OCC)=C(c3ccccc3)N=4)o2)cc1. The Bertz CT molecular complexity index is 2070. The van der Waals surface area contributed by atoms with Gasteiger partial charge in [0, 0.05) is 17.2 Å². The topological polar surface area (TPSA) is 100 Å². The van der Waals surface area contributed by atoms with Gasteiger partial charge in [-0.25, -0.2) is 14.6 Å². The quantitative estimate of drug-likeness (QED) is 0.135. The van der Waals surface area contributed by atoms with E-state index >= 15 is 0 Å². The molecule has 0 N–H and O–H groups in total. The molecule has 0 spiro atoms. The van der Waals surface area contributed by atoms with Crippen molar-refractivity contribution < 1.29 is 23.5 Å². The zero-order valence-corrected chi connectivity index (χ0v) is 26.3. The minimum atomic E-state index is -0.742. The Balaban J connectivity index is 1.40. The number of thiazole rings is 1. The van der Waals surface area contributed by atoms with E-state index in [2.05, 4.69) is 0 Å². The summed E-state index contributed by atoms with van der Waals surface area (Å²) >= 11 is 1.23. The number of ether oxygens (including phenoxy) is 2. The minimum absolute atomic E-state index is 0.183. The Morgan fingerprint density at radius 1 is 0.870 bits per heavy atom. The average Bonchev–Trinajstić information content (AvgIpc) is 3.69. The van der Waals surface area contributed by atoms with Crippen LogP contribution < -0.4 is 14.9 Å². The Labute approximate surface area is 269 Å². The van der Waals surface area contributed by atoms with Crippen LogP contribution in [0.4, 0.5) is 0 Å². The summed E-state index contributed by atoms with van der Waals surface area (Å²) < 4.78 is 18.9. The number of hydrogen-bond acceptors (Lipinski definition) is 8. The molecule has 2 aromatic heterocycles. The summed E-state index contributed by atoms with van der Waals surface area (Å²) in [6.45, 7) is 4.37. The molecule has 0 saturated heterocycles. The number of benzene rings is 3. The third-order valence-corrected chi connectivity index (χ3v) is 8.51. The summed E-state index contributed by atoms with van der Waals surface area (Å²) in [5, 5.41) is 0. The van der Waals surface area contributed by atoms with E-state index in [9.17, 15) is 14.4 Å². The van der Waals surface area contributed by atoms with Gasteiger partial charge in [-0.2, -0.15) is 0 Å². The van der Waals surface area contributed by atoms with E-state index in [1.807, 2.05) is 73.7 Å². The van der Waals surface area contributed by atoms with Crippen LogP contribution in [0.2, 0.25) is 0 Å². The maximum absolute atomic E-state index is 14.1. The smallest absolute Gasteiger partial charge is 0.338 e. The molecule has 9 heteroatoms. The molecule has 3 heterocycles. The van der Waals surface area contributed by atoms with Crippen molar-refractivity contribution in [3.8, 4) is 11.3 Å². The van der Waals surface area contributed by atoms with Crippen molar-refractivity contribution in [1.29, 1.82) is 0 Å². The highest BCUT2D eigenvalue weighted by Gasteiger charge is 2.35. The van der Waals surface area contributed by atoms with Crippen molar-refractivity contribution in [1.82, 2.24) is 4.57 Å². The number of aromatic nitrogens is 1. The molecule has 3 aromatic carbocycles. The molecule has 0 unspecified atom stereocenters. The van der Waals surface area contributed by atoms with Crippen molar-refractivity contribution in [2.24, 2.45) is 4.99 Å². The highest BCUT2D eigenvalue weighted by atomic mass is 32.1. The van der Waals surface area contributed by atoms with Crippen LogP contribution in [0.25, 0.3) is 23.1 Å². The van der Waals surface area contributed by atoms with Gasteiger partial charge in [0.15, 0.2) is 4.80 Å². The van der Waals surface area contributed by atoms with Crippen LogP contribution in [0.15, 0.2) is 117 Å². The van der Waals surface area contributed by atoms with Crippen LogP contribution in [0.3, 0.4) is 0 Å². The summed E-state index contributed by atoms with van der Waals surface area (Å²) in [6, 6.07) is 28.7. The van der Waals surface area contributed by atoms with Crippen LogP contribution in [-0.2, 0) is 14.3 Å². The Morgan fingerprint density at radius 3 is 2.28 bits per heavy atom. The standard InChI is InChI=1S/C37H32N2O6S/c1-3-5-22-44-35(41)27-18-16-24(17-19-27)29-21-20-28(45-29)23-30-34(40)39-33(26-14-10-7-11-15-26)31(36(42)43-4-2)32(38-37(39)46-30)25-12-8-6-9-13-25/h6-21,23,33H,3-5,22H2,1-2H3/b30-23-/t33-/m0/s1. The lowest BCUT2D eigenvalue weighted by atomic mass is 9.93. The molecular formula is C37H32N2O6S. The van der Waals surface area contributed by atoms with Crippen LogP contribution >= 0.6 is 11.3 Å². The van der Waals surface area contributed by atoms with E-state index in [4.69, 9.17) is 18.9 Å². The number of furan rings is 1. The fourth-order valence-corrected chi connectivity index (χ4v) is 6.25. The van der Waals surface area contributed by atoms with Gasteiger partial charge >= 0.3 is 11.9 Å². The molecule has 1 aliphatic heterocycles. The first kappa shape index (κ1) is 30.7. The molecule has 5 aromatic rings. The molecule has 1 aliphatic rings. The number of fused-ring (bicyclic) bond motifs is 1. The second-order valence-corrected chi connectivity index (χ2v) is 11.6. The van der Waals surface area contributed by atoms with Gasteiger partial charge in [0.2, 0.25) is 0 Å². The second-order valence-electron chi connectivity index (χ2n) is 10.6. The minimum Gasteiger partial charge on any atom is -0.463 e. The fraction of sp³-hybridized carbons (Fsp3) is 0.189. The molecule has 0 amide bonds. The Kier molecular flexibility index (Phi) is 9.21. The zero-order chi connectivity index (χ0) is 32.0. The zero-order valence-electron chi connectivity index (χ0n) is 25.5. The van der Waals surface area contributed by atoms with Gasteiger partial charge in [-0.1, -0.05) is 97.5 Å². The number of esters is 2. The predicted octanol–water partition coefficient (Wildman–Crippen LogP) is 6.15. The first-order valence-corrected chi connectivity index (χ1v) is 16.0. The number of unbranched alkanes of at least 4 members (excludes halogenated alkanes) is 1. The van der Waals surface area contributed by atoms with Crippen LogP contribution in [0.1, 0.15) is 60.0 Å². The molecular weight excluding hydrogens is 600 g/mol. The molecule has 0 fully saturated rings. The first-order chi connectivity index (χ1) is 22.5. The predicted molar refractivity (Wildman–Crippen MR) is 177 cm³/mol. The van der Waals surface area contributed by atoms with E-state index in [1.165, 1.54) is 11.3 Å². The summed E-state index contributed by atoms with van der Waals surface area (Å²) in [7, 11) is 0.